The Morgan fingerprint density at radius 2 is 1.84 bits per heavy atom. The number of hydrogen-bond donors (Lipinski definition) is 1. The van der Waals surface area contributed by atoms with E-state index >= 15 is 0 Å². The van der Waals surface area contributed by atoms with Gasteiger partial charge in [-0.15, -0.1) is 0 Å². The Hall–Kier alpha value is -1.40. The maximum Gasteiger partial charge on any atom is 0.514 e. The number of nitrogens with one attached hydrogen (secondary N) is 1. The van der Waals surface area contributed by atoms with E-state index in [1.807, 2.05) is 27.7 Å². The predicted octanol–water partition coefficient (Wildman–Crippen LogP) is 0.740. The Labute approximate surface area is 113 Å². The van der Waals surface area contributed by atoms with E-state index in [0.717, 1.165) is 0 Å². The normalized spacial score (nSPS) is 20.4. The van der Waals surface area contributed by atoms with Crippen LogP contribution in [0.4, 0.5) is 0 Å². The first-order valence-electron chi connectivity index (χ1n) is 6.30. The molecular weight excluding hydrogens is 243 g/mol. The molecule has 1 aliphatic heterocycles. The molecule has 2 heterocycles. The highest BCUT2D eigenvalue weighted by Crippen LogP contribution is 2.36. The van der Waals surface area contributed by atoms with Crippen LogP contribution < -0.4 is 10.9 Å². The van der Waals surface area contributed by atoms with Gasteiger partial charge in [-0.1, -0.05) is 0 Å². The molecule has 0 unspecified atom stereocenters. The minimum atomic E-state index is -0.547. The lowest BCUT2D eigenvalue weighted by Gasteiger charge is -2.32. The molecule has 1 aliphatic rings. The minimum absolute atomic E-state index is 0.153. The molecule has 0 bridgehead atoms. The fourth-order valence-electron chi connectivity index (χ4n) is 1.83. The number of carbonyl (C=O) groups is 1. The summed E-state index contributed by atoms with van der Waals surface area (Å²) in [6.07, 6.45) is 1.59. The van der Waals surface area contributed by atoms with Crippen LogP contribution in [0.3, 0.4) is 0 Å². The van der Waals surface area contributed by atoms with Crippen molar-refractivity contribution >= 4 is 18.6 Å². The maximum absolute atomic E-state index is 11.6. The second-order valence-corrected chi connectivity index (χ2v) is 5.64. The topological polar surface area (TPSA) is 60.5 Å². The molecule has 2 rings (SSSR count). The summed E-state index contributed by atoms with van der Waals surface area (Å²) >= 11 is 0. The Kier molecular flexibility index (Phi) is 3.41. The Morgan fingerprint density at radius 1 is 1.26 bits per heavy atom. The second kappa shape index (κ2) is 4.61. The number of carbonyl (C=O) groups excluding carboxylic acids is 1. The summed E-state index contributed by atoms with van der Waals surface area (Å²) in [7, 11) is 1.05. The van der Waals surface area contributed by atoms with Crippen LogP contribution >= 0.6 is 0 Å². The fourth-order valence-corrected chi connectivity index (χ4v) is 1.83. The molecule has 0 radical (unpaired) electrons. The van der Waals surface area contributed by atoms with Crippen molar-refractivity contribution in [2.75, 3.05) is 7.05 Å². The predicted molar refractivity (Wildman–Crippen MR) is 73.3 cm³/mol. The molecule has 1 fully saturated rings. The van der Waals surface area contributed by atoms with E-state index in [-0.39, 0.29) is 5.91 Å². The van der Waals surface area contributed by atoms with E-state index in [2.05, 4.69) is 10.3 Å². The average molecular weight is 262 g/mol. The van der Waals surface area contributed by atoms with Gasteiger partial charge in [-0.3, -0.25) is 9.78 Å². The summed E-state index contributed by atoms with van der Waals surface area (Å²) < 4.78 is 11.8. The second-order valence-electron chi connectivity index (χ2n) is 5.64. The molecular formula is C13H19BN2O3. The number of pyridine rings is 1. The molecule has 1 aromatic rings. The summed E-state index contributed by atoms with van der Waals surface area (Å²) in [4.78, 5) is 15.9. The van der Waals surface area contributed by atoms with Crippen LogP contribution in [-0.2, 0) is 9.31 Å². The molecule has 1 saturated heterocycles. The van der Waals surface area contributed by atoms with Gasteiger partial charge >= 0.3 is 7.12 Å². The van der Waals surface area contributed by atoms with Gasteiger partial charge < -0.3 is 14.6 Å². The summed E-state index contributed by atoms with van der Waals surface area (Å²) in [5.41, 5.74) is 0.326. The van der Waals surface area contributed by atoms with Crippen molar-refractivity contribution in [1.29, 1.82) is 0 Å². The van der Waals surface area contributed by atoms with Gasteiger partial charge in [0.25, 0.3) is 5.91 Å². The minimum Gasteiger partial charge on any atom is -0.398 e. The molecule has 1 aromatic heterocycles. The van der Waals surface area contributed by atoms with Crippen molar-refractivity contribution in [3.63, 3.8) is 0 Å². The van der Waals surface area contributed by atoms with Gasteiger partial charge in [0.05, 0.1) is 16.8 Å². The average Bonchev–Trinajstić information content (AvgIpc) is 2.58. The van der Waals surface area contributed by atoms with Crippen molar-refractivity contribution in [2.24, 2.45) is 0 Å². The van der Waals surface area contributed by atoms with Crippen molar-refractivity contribution in [2.45, 2.75) is 38.9 Å². The number of hydrogen-bond acceptors (Lipinski definition) is 4. The largest absolute Gasteiger partial charge is 0.514 e. The number of rotatable bonds is 2. The molecule has 0 atom stereocenters. The Morgan fingerprint density at radius 3 is 2.37 bits per heavy atom. The molecule has 1 amide bonds. The third-order valence-corrected chi connectivity index (χ3v) is 3.77. The maximum atomic E-state index is 11.6. The molecule has 6 heteroatoms. The third kappa shape index (κ3) is 2.50. The van der Waals surface area contributed by atoms with Gasteiger partial charge in [0, 0.05) is 18.8 Å². The summed E-state index contributed by atoms with van der Waals surface area (Å²) in [5, 5.41) is 2.58. The lowest BCUT2D eigenvalue weighted by molar-refractivity contribution is 0.00578. The molecule has 1 N–H and O–H groups in total. The highest BCUT2D eigenvalue weighted by atomic mass is 16.7. The van der Waals surface area contributed by atoms with Crippen molar-refractivity contribution in [3.8, 4) is 0 Å². The van der Waals surface area contributed by atoms with Gasteiger partial charge in [-0.05, 0) is 39.8 Å². The van der Waals surface area contributed by atoms with Crippen LogP contribution in [0.5, 0.6) is 0 Å². The van der Waals surface area contributed by atoms with Crippen LogP contribution in [0, 0.1) is 0 Å². The smallest absolute Gasteiger partial charge is 0.398 e. The standard InChI is InChI=1S/C13H19BN2O3/c1-12(2)13(3,4)19-14(18-12)10-8-9(6-7-16-10)11(17)15-5/h6-8H,1-5H3,(H,15,17). The molecule has 19 heavy (non-hydrogen) atoms. The van der Waals surface area contributed by atoms with Crippen LogP contribution in [0.2, 0.25) is 0 Å². The van der Waals surface area contributed by atoms with Crippen molar-refractivity contribution in [3.05, 3.63) is 23.9 Å². The van der Waals surface area contributed by atoms with E-state index in [4.69, 9.17) is 9.31 Å². The highest BCUT2D eigenvalue weighted by molar-refractivity contribution is 6.61. The van der Waals surface area contributed by atoms with Crippen LogP contribution in [0.1, 0.15) is 38.1 Å². The van der Waals surface area contributed by atoms with E-state index in [9.17, 15) is 4.79 Å². The molecule has 0 saturated carbocycles. The Bertz CT molecular complexity index is 486. The first-order chi connectivity index (χ1) is 8.77. The monoisotopic (exact) mass is 262 g/mol. The fraction of sp³-hybridized carbons (Fsp3) is 0.538. The Balaban J connectivity index is 2.27. The van der Waals surface area contributed by atoms with E-state index in [1.165, 1.54) is 0 Å². The van der Waals surface area contributed by atoms with Gasteiger partial charge in [-0.25, -0.2) is 0 Å². The first-order valence-corrected chi connectivity index (χ1v) is 6.30. The van der Waals surface area contributed by atoms with Crippen molar-refractivity contribution < 1.29 is 14.1 Å². The van der Waals surface area contributed by atoms with Gasteiger partial charge in [0.2, 0.25) is 0 Å². The summed E-state index contributed by atoms with van der Waals surface area (Å²) in [6.45, 7) is 7.93. The van der Waals surface area contributed by atoms with Crippen LogP contribution in [0.25, 0.3) is 0 Å². The van der Waals surface area contributed by atoms with Crippen LogP contribution in [0.15, 0.2) is 18.3 Å². The van der Waals surface area contributed by atoms with Gasteiger partial charge in [-0.2, -0.15) is 0 Å². The van der Waals surface area contributed by atoms with Gasteiger partial charge in [0.15, 0.2) is 0 Å². The first kappa shape index (κ1) is 14.0. The number of aromatic nitrogens is 1. The SMILES string of the molecule is CNC(=O)c1ccnc(B2OC(C)(C)C(C)(C)O2)c1. The van der Waals surface area contributed by atoms with E-state index in [0.29, 0.717) is 11.2 Å². The van der Waals surface area contributed by atoms with E-state index in [1.54, 1.807) is 25.4 Å². The van der Waals surface area contributed by atoms with Gasteiger partial charge in [0.1, 0.15) is 0 Å². The van der Waals surface area contributed by atoms with Crippen LogP contribution in [-0.4, -0.2) is 36.3 Å². The van der Waals surface area contributed by atoms with E-state index < -0.39 is 18.3 Å². The molecule has 5 nitrogen and oxygen atoms in total. The molecule has 0 aromatic carbocycles. The summed E-state index contributed by atoms with van der Waals surface area (Å²) in [5.74, 6) is -0.153. The zero-order valence-electron chi connectivity index (χ0n) is 12.0. The quantitative estimate of drug-likeness (QED) is 0.798. The number of nitrogens with zero attached hydrogens (tertiary/aromatic N) is 1. The summed E-state index contributed by atoms with van der Waals surface area (Å²) in [6, 6.07) is 3.36. The molecule has 0 spiro atoms. The lowest BCUT2D eigenvalue weighted by atomic mass is 9.83. The number of amides is 1. The zero-order chi connectivity index (χ0) is 14.3. The highest BCUT2D eigenvalue weighted by Gasteiger charge is 2.52. The zero-order valence-corrected chi connectivity index (χ0v) is 12.0. The third-order valence-electron chi connectivity index (χ3n) is 3.77. The lowest BCUT2D eigenvalue weighted by Crippen LogP contribution is -2.41. The molecule has 0 aliphatic carbocycles. The molecule has 102 valence electrons. The van der Waals surface area contributed by atoms with Crippen molar-refractivity contribution in [1.82, 2.24) is 10.3 Å².